The molecule has 1 aromatic carbocycles. The van der Waals surface area contributed by atoms with Crippen molar-refractivity contribution in [2.75, 3.05) is 0 Å². The first-order valence-corrected chi connectivity index (χ1v) is 6.70. The van der Waals surface area contributed by atoms with Gasteiger partial charge in [0.05, 0.1) is 9.72 Å². The molecule has 2 rings (SSSR count). The number of rotatable bonds is 1. The minimum Gasteiger partial charge on any atom is -1.00 e. The van der Waals surface area contributed by atoms with Crippen LogP contribution in [0.5, 0.6) is 0 Å². The first kappa shape index (κ1) is 15.1. The predicted molar refractivity (Wildman–Crippen MR) is 62.5 cm³/mol. The summed E-state index contributed by atoms with van der Waals surface area (Å²) in [5, 5.41) is 1.26. The van der Waals surface area contributed by atoms with Crippen LogP contribution in [0.1, 0.15) is 6.99 Å². The average Bonchev–Trinajstić information content (AvgIpc) is 2.45. The van der Waals surface area contributed by atoms with Gasteiger partial charge in [0.2, 0.25) is 0 Å². The summed E-state index contributed by atoms with van der Waals surface area (Å²) in [5.74, 6) is 0. The number of halogens is 1. The van der Waals surface area contributed by atoms with Crippen molar-refractivity contribution in [2.24, 2.45) is 0 Å². The van der Waals surface area contributed by atoms with Gasteiger partial charge < -0.3 is 1.43 Å². The Balaban J connectivity index is 0.00000128. The van der Waals surface area contributed by atoms with E-state index in [1.165, 1.54) is 0 Å². The van der Waals surface area contributed by atoms with Crippen LogP contribution in [0.3, 0.4) is 0 Å². The maximum Gasteiger partial charge on any atom is 1.00 e. The van der Waals surface area contributed by atoms with Crippen molar-refractivity contribution < 1.29 is 65.8 Å². The maximum atomic E-state index is 11.1. The maximum absolute atomic E-state index is 11.1. The minimum atomic E-state index is -4.15. The van der Waals surface area contributed by atoms with E-state index in [1.807, 2.05) is 0 Å². The molecule has 0 aliphatic heterocycles. The summed E-state index contributed by atoms with van der Waals surface area (Å²) in [4.78, 5) is 0. The van der Waals surface area contributed by atoms with E-state index in [-0.39, 0.29) is 57.0 Å². The monoisotopic (exact) mass is 302 g/mol. The van der Waals surface area contributed by atoms with Gasteiger partial charge in [-0.15, -0.1) is 11.3 Å². The number of aryl methyl sites for hydroxylation is 1. The van der Waals surface area contributed by atoms with Crippen LogP contribution in [0.2, 0.25) is 5.02 Å². The van der Waals surface area contributed by atoms with E-state index in [2.05, 4.69) is 0 Å². The molecule has 0 bridgehead atoms. The third-order valence-electron chi connectivity index (χ3n) is 2.11. The average molecular weight is 303 g/mol. The zero-order chi connectivity index (χ0) is 11.2. The van der Waals surface area contributed by atoms with Crippen molar-refractivity contribution in [3.63, 3.8) is 0 Å². The Morgan fingerprint density at radius 2 is 2.06 bits per heavy atom. The first-order valence-electron chi connectivity index (χ1n) is 4.06. The van der Waals surface area contributed by atoms with Crippen LogP contribution in [-0.4, -0.2) is 13.0 Å². The quantitative estimate of drug-likeness (QED) is 0.606. The minimum absolute atomic E-state index is 0. The molecule has 0 aliphatic carbocycles. The summed E-state index contributed by atoms with van der Waals surface area (Å²) in [6.45, 7) is 1.65. The van der Waals surface area contributed by atoms with E-state index in [4.69, 9.17) is 16.2 Å². The summed E-state index contributed by atoms with van der Waals surface area (Å²) in [6, 6.07) is 5.22. The standard InChI is InChI=1S/C9H7ClO3S2.K.H/c1-5-6-3-2-4-7(10)8(6)14-9(5)15(11,12)13;;/h2-4H,1H3,(H,11,12,13);;/q;+1;-1. The molecule has 0 radical (unpaired) electrons. The second-order valence-electron chi connectivity index (χ2n) is 3.11. The van der Waals surface area contributed by atoms with Crippen LogP contribution in [0.15, 0.2) is 22.4 Å². The van der Waals surface area contributed by atoms with Gasteiger partial charge in [0.1, 0.15) is 0 Å². The molecule has 0 saturated heterocycles. The molecule has 0 aliphatic rings. The van der Waals surface area contributed by atoms with Gasteiger partial charge in [0.15, 0.2) is 4.21 Å². The SMILES string of the molecule is Cc1c(S(=O)(=O)O)sc2c(Cl)cccc12.[H-].[K+]. The Morgan fingerprint density at radius 1 is 1.44 bits per heavy atom. The number of fused-ring (bicyclic) bond motifs is 1. The molecule has 1 heterocycles. The summed E-state index contributed by atoms with van der Waals surface area (Å²) in [5.41, 5.74) is 0.542. The van der Waals surface area contributed by atoms with Crippen LogP contribution in [-0.2, 0) is 10.1 Å². The van der Waals surface area contributed by atoms with Crippen LogP contribution in [0.4, 0.5) is 0 Å². The summed E-state index contributed by atoms with van der Waals surface area (Å²) >= 11 is 6.91. The van der Waals surface area contributed by atoms with Crippen molar-refractivity contribution in [3.05, 3.63) is 28.8 Å². The Labute approximate surface area is 146 Å². The van der Waals surface area contributed by atoms with E-state index < -0.39 is 10.1 Å². The molecule has 0 saturated carbocycles. The van der Waals surface area contributed by atoms with Crippen LogP contribution >= 0.6 is 22.9 Å². The van der Waals surface area contributed by atoms with Gasteiger partial charge in [-0.1, -0.05) is 23.7 Å². The molecular weight excluding hydrogens is 295 g/mol. The molecule has 0 atom stereocenters. The zero-order valence-corrected chi connectivity index (χ0v) is 14.2. The fourth-order valence-electron chi connectivity index (χ4n) is 1.43. The Kier molecular flexibility index (Phi) is 5.03. The van der Waals surface area contributed by atoms with Gasteiger partial charge in [-0.2, -0.15) is 8.42 Å². The topological polar surface area (TPSA) is 54.4 Å². The Bertz CT molecular complexity index is 639. The van der Waals surface area contributed by atoms with Crippen LogP contribution in [0.25, 0.3) is 10.1 Å². The Morgan fingerprint density at radius 3 is 2.56 bits per heavy atom. The van der Waals surface area contributed by atoms with Crippen molar-refractivity contribution in [1.29, 1.82) is 0 Å². The van der Waals surface area contributed by atoms with Crippen molar-refractivity contribution in [3.8, 4) is 0 Å². The largest absolute Gasteiger partial charge is 1.00 e. The predicted octanol–water partition coefficient (Wildman–Crippen LogP) is 0.226. The molecule has 3 nitrogen and oxygen atoms in total. The van der Waals surface area contributed by atoms with Gasteiger partial charge >= 0.3 is 61.5 Å². The molecule has 1 aromatic heterocycles. The normalized spacial score (nSPS) is 11.4. The van der Waals surface area contributed by atoms with Gasteiger partial charge in [0.25, 0.3) is 0 Å². The third kappa shape index (κ3) is 2.71. The fraction of sp³-hybridized carbons (Fsp3) is 0.111. The van der Waals surface area contributed by atoms with Crippen LogP contribution < -0.4 is 51.4 Å². The van der Waals surface area contributed by atoms with E-state index in [0.717, 1.165) is 16.7 Å². The summed E-state index contributed by atoms with van der Waals surface area (Å²) in [6.07, 6.45) is 0. The van der Waals surface area contributed by atoms with Crippen LogP contribution in [0, 0.1) is 6.92 Å². The summed E-state index contributed by atoms with van der Waals surface area (Å²) < 4.78 is 31.8. The van der Waals surface area contributed by atoms with E-state index in [9.17, 15) is 8.42 Å². The van der Waals surface area contributed by atoms with Gasteiger partial charge in [-0.25, -0.2) is 0 Å². The molecule has 0 amide bonds. The van der Waals surface area contributed by atoms with E-state index >= 15 is 0 Å². The van der Waals surface area contributed by atoms with Crippen molar-refractivity contribution >= 4 is 43.1 Å². The van der Waals surface area contributed by atoms with Crippen molar-refractivity contribution in [2.45, 2.75) is 11.1 Å². The molecule has 1 N–H and O–H groups in total. The molecule has 16 heavy (non-hydrogen) atoms. The molecule has 0 spiro atoms. The van der Waals surface area contributed by atoms with Crippen molar-refractivity contribution in [1.82, 2.24) is 0 Å². The van der Waals surface area contributed by atoms with E-state index in [1.54, 1.807) is 25.1 Å². The molecule has 2 aromatic rings. The zero-order valence-electron chi connectivity index (χ0n) is 9.69. The number of thiophene rings is 1. The molecule has 82 valence electrons. The molecular formula is C9H8ClKO3S2. The Hall–Kier alpha value is 1.02. The van der Waals surface area contributed by atoms with Gasteiger partial charge in [0, 0.05) is 0 Å². The molecule has 7 heteroatoms. The molecule has 0 unspecified atom stereocenters. The fourth-order valence-corrected chi connectivity index (χ4v) is 3.84. The third-order valence-corrected chi connectivity index (χ3v) is 5.33. The van der Waals surface area contributed by atoms with Gasteiger partial charge in [-0.05, 0) is 23.9 Å². The molecule has 0 fully saturated rings. The second-order valence-corrected chi connectivity index (χ2v) is 6.15. The van der Waals surface area contributed by atoms with E-state index in [0.29, 0.717) is 15.3 Å². The first-order chi connectivity index (χ1) is 6.91. The van der Waals surface area contributed by atoms with Gasteiger partial charge in [-0.3, -0.25) is 4.55 Å². The number of benzene rings is 1. The second kappa shape index (κ2) is 5.34. The smallest absolute Gasteiger partial charge is 1.00 e. The number of hydrogen-bond acceptors (Lipinski definition) is 3. The summed E-state index contributed by atoms with van der Waals surface area (Å²) in [7, 11) is -4.15. The number of hydrogen-bond donors (Lipinski definition) is 1.